The number of amides is 2. The van der Waals surface area contributed by atoms with Gasteiger partial charge in [-0.05, 0) is 25.0 Å². The largest absolute Gasteiger partial charge is 0.397 e. The Morgan fingerprint density at radius 2 is 2.10 bits per heavy atom. The molecular weight excluding hydrogens is 274 g/mol. The monoisotopic (exact) mass is 291 g/mol. The molecule has 0 aliphatic rings. The molecule has 0 aliphatic heterocycles. The average molecular weight is 291 g/mol. The number of thiophene rings is 1. The summed E-state index contributed by atoms with van der Waals surface area (Å²) in [5.74, 6) is -0.568. The van der Waals surface area contributed by atoms with E-state index in [1.165, 1.54) is 11.3 Å². The molecule has 6 heteroatoms. The first kappa shape index (κ1) is 14.3. The van der Waals surface area contributed by atoms with Crippen molar-refractivity contribution in [1.82, 2.24) is 5.32 Å². The molecule has 0 saturated carbocycles. The summed E-state index contributed by atoms with van der Waals surface area (Å²) >= 11 is 1.38. The standard InChI is InChI=1S/C14H17N3O2S/c1-8-4-5-9-10(7-8)20-13(12(9)16)14(19)17-6-2-3-11(15)18/h4-5,7H,2-3,6,16H2,1H3,(H2,15,18)(H,17,19). The predicted molar refractivity (Wildman–Crippen MR) is 81.7 cm³/mol. The first-order valence-electron chi connectivity index (χ1n) is 6.34. The molecular formula is C14H17N3O2S. The molecule has 2 rings (SSSR count). The molecule has 0 bridgehead atoms. The lowest BCUT2D eigenvalue weighted by Gasteiger charge is -2.03. The number of nitrogen functional groups attached to an aromatic ring is 1. The summed E-state index contributed by atoms with van der Waals surface area (Å²) in [5, 5.41) is 3.66. The summed E-state index contributed by atoms with van der Waals surface area (Å²) in [5.41, 5.74) is 12.7. The fraction of sp³-hybridized carbons (Fsp3) is 0.286. The van der Waals surface area contributed by atoms with E-state index in [1.807, 2.05) is 25.1 Å². The summed E-state index contributed by atoms with van der Waals surface area (Å²) in [6, 6.07) is 5.92. The molecule has 5 N–H and O–H groups in total. The van der Waals surface area contributed by atoms with Crippen LogP contribution in [0.3, 0.4) is 0 Å². The van der Waals surface area contributed by atoms with Gasteiger partial charge in [0.15, 0.2) is 0 Å². The van der Waals surface area contributed by atoms with Gasteiger partial charge in [-0.2, -0.15) is 0 Å². The number of primary amides is 1. The van der Waals surface area contributed by atoms with Crippen LogP contribution in [0, 0.1) is 6.92 Å². The van der Waals surface area contributed by atoms with E-state index in [0.29, 0.717) is 23.5 Å². The molecule has 106 valence electrons. The zero-order valence-electron chi connectivity index (χ0n) is 11.2. The number of rotatable bonds is 5. The van der Waals surface area contributed by atoms with E-state index < -0.39 is 0 Å². The van der Waals surface area contributed by atoms with Gasteiger partial charge in [-0.25, -0.2) is 0 Å². The normalized spacial score (nSPS) is 10.7. The SMILES string of the molecule is Cc1ccc2c(N)c(C(=O)NCCCC(N)=O)sc2c1. The van der Waals surface area contributed by atoms with Crippen molar-refractivity contribution in [2.24, 2.45) is 5.73 Å². The van der Waals surface area contributed by atoms with Gasteiger partial charge >= 0.3 is 0 Å². The number of nitrogens with one attached hydrogen (secondary N) is 1. The van der Waals surface area contributed by atoms with Crippen LogP contribution in [-0.2, 0) is 4.79 Å². The van der Waals surface area contributed by atoms with Crippen LogP contribution in [0.1, 0.15) is 28.1 Å². The molecule has 1 aromatic carbocycles. The lowest BCUT2D eigenvalue weighted by Crippen LogP contribution is -2.25. The third kappa shape index (κ3) is 3.08. The molecule has 0 atom stereocenters. The number of hydrogen-bond acceptors (Lipinski definition) is 4. The zero-order chi connectivity index (χ0) is 14.7. The van der Waals surface area contributed by atoms with E-state index in [2.05, 4.69) is 5.32 Å². The Bertz CT molecular complexity index is 664. The number of carbonyl (C=O) groups excluding carboxylic acids is 2. The molecule has 20 heavy (non-hydrogen) atoms. The maximum atomic E-state index is 12.1. The summed E-state index contributed by atoms with van der Waals surface area (Å²) in [6.45, 7) is 2.41. The van der Waals surface area contributed by atoms with Crippen LogP contribution in [0.15, 0.2) is 18.2 Å². The van der Waals surface area contributed by atoms with E-state index in [9.17, 15) is 9.59 Å². The van der Waals surface area contributed by atoms with Crippen molar-refractivity contribution in [1.29, 1.82) is 0 Å². The van der Waals surface area contributed by atoms with E-state index in [1.54, 1.807) is 0 Å². The van der Waals surface area contributed by atoms with E-state index >= 15 is 0 Å². The van der Waals surface area contributed by atoms with Gasteiger partial charge in [0.2, 0.25) is 5.91 Å². The van der Waals surface area contributed by atoms with Gasteiger partial charge in [-0.15, -0.1) is 11.3 Å². The number of carbonyl (C=O) groups is 2. The molecule has 2 aromatic rings. The second-order valence-electron chi connectivity index (χ2n) is 4.67. The predicted octanol–water partition coefficient (Wildman–Crippen LogP) is 1.79. The molecule has 0 fully saturated rings. The topological polar surface area (TPSA) is 98.2 Å². The Balaban J connectivity index is 2.10. The minimum absolute atomic E-state index is 0.203. The van der Waals surface area contributed by atoms with E-state index in [-0.39, 0.29) is 18.2 Å². The Hall–Kier alpha value is -2.08. The molecule has 0 unspecified atom stereocenters. The maximum absolute atomic E-state index is 12.1. The number of benzene rings is 1. The van der Waals surface area contributed by atoms with Gasteiger partial charge in [0, 0.05) is 23.1 Å². The highest BCUT2D eigenvalue weighted by Gasteiger charge is 2.15. The third-order valence-corrected chi connectivity index (χ3v) is 4.14. The Morgan fingerprint density at radius 1 is 1.35 bits per heavy atom. The van der Waals surface area contributed by atoms with Crippen LogP contribution in [0.4, 0.5) is 5.69 Å². The summed E-state index contributed by atoms with van der Waals surface area (Å²) in [6.07, 6.45) is 0.798. The van der Waals surface area contributed by atoms with Crippen LogP contribution in [0.5, 0.6) is 0 Å². The van der Waals surface area contributed by atoms with Crippen molar-refractivity contribution in [3.05, 3.63) is 28.6 Å². The highest BCUT2D eigenvalue weighted by molar-refractivity contribution is 7.21. The molecule has 0 saturated heterocycles. The lowest BCUT2D eigenvalue weighted by molar-refractivity contribution is -0.118. The Kier molecular flexibility index (Phi) is 4.24. The van der Waals surface area contributed by atoms with Gasteiger partial charge < -0.3 is 16.8 Å². The molecule has 1 aromatic heterocycles. The lowest BCUT2D eigenvalue weighted by atomic mass is 10.1. The van der Waals surface area contributed by atoms with Crippen molar-refractivity contribution in [3.63, 3.8) is 0 Å². The van der Waals surface area contributed by atoms with Gasteiger partial charge in [-0.3, -0.25) is 9.59 Å². The van der Waals surface area contributed by atoms with Crippen LogP contribution in [-0.4, -0.2) is 18.4 Å². The van der Waals surface area contributed by atoms with Crippen molar-refractivity contribution >= 4 is 38.9 Å². The van der Waals surface area contributed by atoms with Crippen molar-refractivity contribution in [2.75, 3.05) is 12.3 Å². The Labute approximate surface area is 120 Å². The van der Waals surface area contributed by atoms with Crippen LogP contribution in [0.25, 0.3) is 10.1 Å². The van der Waals surface area contributed by atoms with Gasteiger partial charge in [0.25, 0.3) is 5.91 Å². The van der Waals surface area contributed by atoms with Crippen LogP contribution < -0.4 is 16.8 Å². The molecule has 1 heterocycles. The highest BCUT2D eigenvalue weighted by Crippen LogP contribution is 2.34. The summed E-state index contributed by atoms with van der Waals surface area (Å²) < 4.78 is 1.00. The first-order chi connectivity index (χ1) is 9.49. The van der Waals surface area contributed by atoms with E-state index in [4.69, 9.17) is 11.5 Å². The second kappa shape index (κ2) is 5.92. The quantitative estimate of drug-likeness (QED) is 0.732. The number of hydrogen-bond donors (Lipinski definition) is 3. The smallest absolute Gasteiger partial charge is 0.263 e. The summed E-state index contributed by atoms with van der Waals surface area (Å²) in [7, 11) is 0. The van der Waals surface area contributed by atoms with Crippen LogP contribution >= 0.6 is 11.3 Å². The van der Waals surface area contributed by atoms with E-state index in [0.717, 1.165) is 15.6 Å². The fourth-order valence-electron chi connectivity index (χ4n) is 1.94. The van der Waals surface area contributed by atoms with Crippen molar-refractivity contribution in [3.8, 4) is 0 Å². The number of fused-ring (bicyclic) bond motifs is 1. The van der Waals surface area contributed by atoms with Gasteiger partial charge in [-0.1, -0.05) is 12.1 Å². The number of nitrogens with two attached hydrogens (primary N) is 2. The Morgan fingerprint density at radius 3 is 2.80 bits per heavy atom. The third-order valence-electron chi connectivity index (χ3n) is 2.98. The second-order valence-corrected chi connectivity index (χ2v) is 5.72. The first-order valence-corrected chi connectivity index (χ1v) is 7.16. The van der Waals surface area contributed by atoms with Crippen molar-refractivity contribution in [2.45, 2.75) is 19.8 Å². The molecule has 5 nitrogen and oxygen atoms in total. The minimum Gasteiger partial charge on any atom is -0.397 e. The zero-order valence-corrected chi connectivity index (χ0v) is 12.0. The highest BCUT2D eigenvalue weighted by atomic mass is 32.1. The maximum Gasteiger partial charge on any atom is 0.263 e. The molecule has 0 radical (unpaired) electrons. The fourth-order valence-corrected chi connectivity index (χ4v) is 3.07. The van der Waals surface area contributed by atoms with Crippen LogP contribution in [0.2, 0.25) is 0 Å². The van der Waals surface area contributed by atoms with Crippen molar-refractivity contribution < 1.29 is 9.59 Å². The molecule has 0 spiro atoms. The molecule has 2 amide bonds. The molecule has 0 aliphatic carbocycles. The number of aryl methyl sites for hydroxylation is 1. The summed E-state index contributed by atoms with van der Waals surface area (Å²) in [4.78, 5) is 23.2. The van der Waals surface area contributed by atoms with Gasteiger partial charge in [0.1, 0.15) is 4.88 Å². The number of anilines is 1. The minimum atomic E-state index is -0.365. The van der Waals surface area contributed by atoms with Gasteiger partial charge in [0.05, 0.1) is 5.69 Å². The average Bonchev–Trinajstić information content (AvgIpc) is 2.71.